The van der Waals surface area contributed by atoms with E-state index in [4.69, 9.17) is 9.40 Å². The maximum atomic E-state index is 13.2. The standard InChI is InChI=1S/C24H16N2O2S/c1-13-6-9-20-16(10-13)22(27)17-11-15-18(26-24(17)28-20)8-7-14-12-25-19-4-2-3-5-21(19)29-23(14)15/h2-6,9-12H,7-8H2,1H3. The van der Waals surface area contributed by atoms with Gasteiger partial charge in [-0.25, -0.2) is 4.98 Å². The molecule has 0 fully saturated rings. The highest BCUT2D eigenvalue weighted by atomic mass is 32.2. The van der Waals surface area contributed by atoms with E-state index < -0.39 is 0 Å². The van der Waals surface area contributed by atoms with Crippen LogP contribution in [-0.4, -0.2) is 11.2 Å². The van der Waals surface area contributed by atoms with Gasteiger partial charge in [0, 0.05) is 21.6 Å². The van der Waals surface area contributed by atoms with E-state index in [1.807, 2.05) is 55.6 Å². The van der Waals surface area contributed by atoms with Gasteiger partial charge in [0.1, 0.15) is 5.58 Å². The molecule has 6 rings (SSSR count). The lowest BCUT2D eigenvalue weighted by Crippen LogP contribution is -2.10. The Morgan fingerprint density at radius 1 is 1.03 bits per heavy atom. The fourth-order valence-electron chi connectivity index (χ4n) is 4.01. The number of nitrogens with zero attached hydrogens (tertiary/aromatic N) is 2. The molecule has 4 aromatic rings. The molecular weight excluding hydrogens is 380 g/mol. The lowest BCUT2D eigenvalue weighted by Gasteiger charge is -2.20. The van der Waals surface area contributed by atoms with Crippen LogP contribution in [0.5, 0.6) is 0 Å². The summed E-state index contributed by atoms with van der Waals surface area (Å²) in [6.07, 6.45) is 3.65. The molecular formula is C24H16N2O2S. The zero-order valence-corrected chi connectivity index (χ0v) is 16.5. The van der Waals surface area contributed by atoms with Crippen LogP contribution in [0.15, 0.2) is 73.2 Å². The van der Waals surface area contributed by atoms with Crippen LogP contribution < -0.4 is 5.43 Å². The fourth-order valence-corrected chi connectivity index (χ4v) is 5.17. The first-order valence-electron chi connectivity index (χ1n) is 9.59. The quantitative estimate of drug-likeness (QED) is 0.352. The summed E-state index contributed by atoms with van der Waals surface area (Å²) in [6, 6.07) is 15.8. The molecule has 1 aliphatic heterocycles. The molecule has 0 N–H and O–H groups in total. The molecule has 1 aliphatic carbocycles. The minimum Gasteiger partial charge on any atom is -0.437 e. The number of pyridine rings is 1. The van der Waals surface area contributed by atoms with Crippen LogP contribution in [0.2, 0.25) is 0 Å². The summed E-state index contributed by atoms with van der Waals surface area (Å²) in [7, 11) is 0. The molecule has 29 heavy (non-hydrogen) atoms. The van der Waals surface area contributed by atoms with Gasteiger partial charge in [-0.3, -0.25) is 9.79 Å². The lowest BCUT2D eigenvalue weighted by atomic mass is 9.95. The molecule has 2 aliphatic rings. The van der Waals surface area contributed by atoms with Crippen molar-refractivity contribution in [2.24, 2.45) is 4.99 Å². The smallest absolute Gasteiger partial charge is 0.230 e. The lowest BCUT2D eigenvalue weighted by molar-refractivity contribution is 0.640. The Morgan fingerprint density at radius 3 is 2.86 bits per heavy atom. The topological polar surface area (TPSA) is 55.5 Å². The molecule has 0 amide bonds. The first-order valence-corrected chi connectivity index (χ1v) is 10.4. The number of aryl methyl sites for hydroxylation is 2. The van der Waals surface area contributed by atoms with Gasteiger partial charge in [-0.2, -0.15) is 0 Å². The molecule has 0 atom stereocenters. The molecule has 5 heteroatoms. The van der Waals surface area contributed by atoms with Crippen molar-refractivity contribution in [3.8, 4) is 0 Å². The van der Waals surface area contributed by atoms with Crippen LogP contribution in [0.1, 0.15) is 23.2 Å². The van der Waals surface area contributed by atoms with Gasteiger partial charge in [0.05, 0.1) is 22.2 Å². The van der Waals surface area contributed by atoms with Gasteiger partial charge in [0.15, 0.2) is 0 Å². The van der Waals surface area contributed by atoms with Crippen LogP contribution in [0.4, 0.5) is 5.69 Å². The van der Waals surface area contributed by atoms with Gasteiger partial charge in [0.25, 0.3) is 0 Å². The Labute approximate surface area is 171 Å². The van der Waals surface area contributed by atoms with Crippen LogP contribution in [0.3, 0.4) is 0 Å². The van der Waals surface area contributed by atoms with Crippen molar-refractivity contribution < 1.29 is 4.42 Å². The normalized spacial score (nSPS) is 15.2. The zero-order chi connectivity index (χ0) is 19.5. The second-order valence-corrected chi connectivity index (χ2v) is 8.50. The number of fused-ring (bicyclic) bond motifs is 5. The van der Waals surface area contributed by atoms with Crippen molar-refractivity contribution in [2.75, 3.05) is 0 Å². The van der Waals surface area contributed by atoms with Crippen molar-refractivity contribution in [2.45, 2.75) is 24.7 Å². The molecule has 2 aromatic heterocycles. The number of aliphatic imine (C=N–C) groups is 1. The SMILES string of the molecule is Cc1ccc2oc3nc4c(cc3c(=O)c2c1)C1=C(C=Nc2ccccc2S1)CC4. The van der Waals surface area contributed by atoms with E-state index in [1.54, 1.807) is 11.8 Å². The summed E-state index contributed by atoms with van der Waals surface area (Å²) in [5.41, 5.74) is 6.18. The summed E-state index contributed by atoms with van der Waals surface area (Å²) in [4.78, 5) is 24.9. The number of thioether (sulfide) groups is 1. The average Bonchev–Trinajstić information content (AvgIpc) is 2.93. The maximum absolute atomic E-state index is 13.2. The molecule has 0 spiro atoms. The number of hydrogen-bond donors (Lipinski definition) is 0. The van der Waals surface area contributed by atoms with Gasteiger partial charge in [-0.05, 0) is 55.7 Å². The third-order valence-corrected chi connectivity index (χ3v) is 6.75. The van der Waals surface area contributed by atoms with E-state index in [2.05, 4.69) is 11.1 Å². The minimum absolute atomic E-state index is 0.0272. The van der Waals surface area contributed by atoms with E-state index in [-0.39, 0.29) is 5.43 Å². The molecule has 0 unspecified atom stereocenters. The van der Waals surface area contributed by atoms with Crippen molar-refractivity contribution >= 4 is 50.6 Å². The molecule has 3 heterocycles. The Morgan fingerprint density at radius 2 is 1.93 bits per heavy atom. The van der Waals surface area contributed by atoms with E-state index in [1.165, 1.54) is 5.57 Å². The van der Waals surface area contributed by atoms with Crippen LogP contribution >= 0.6 is 11.8 Å². The fraction of sp³-hybridized carbons (Fsp3) is 0.125. The van der Waals surface area contributed by atoms with E-state index in [0.717, 1.165) is 45.2 Å². The number of para-hydroxylation sites is 1. The molecule has 140 valence electrons. The third-order valence-electron chi connectivity index (χ3n) is 5.50. The van der Waals surface area contributed by atoms with Crippen molar-refractivity contribution in [1.29, 1.82) is 0 Å². The summed E-state index contributed by atoms with van der Waals surface area (Å²) < 4.78 is 6.00. The number of aromatic nitrogens is 1. The zero-order valence-electron chi connectivity index (χ0n) is 15.7. The van der Waals surface area contributed by atoms with Gasteiger partial charge in [0.2, 0.25) is 11.1 Å². The summed E-state index contributed by atoms with van der Waals surface area (Å²) >= 11 is 1.71. The second kappa shape index (κ2) is 6.16. The van der Waals surface area contributed by atoms with Crippen LogP contribution in [-0.2, 0) is 6.42 Å². The molecule has 0 saturated heterocycles. The van der Waals surface area contributed by atoms with Crippen molar-refractivity contribution in [3.05, 3.63) is 81.1 Å². The maximum Gasteiger partial charge on any atom is 0.230 e. The third kappa shape index (κ3) is 2.58. The minimum atomic E-state index is -0.0272. The summed E-state index contributed by atoms with van der Waals surface area (Å²) in [5, 5.41) is 1.13. The Hall–Kier alpha value is -3.18. The molecule has 0 radical (unpaired) electrons. The number of rotatable bonds is 0. The largest absolute Gasteiger partial charge is 0.437 e. The highest BCUT2D eigenvalue weighted by Gasteiger charge is 2.25. The molecule has 4 nitrogen and oxygen atoms in total. The van der Waals surface area contributed by atoms with Gasteiger partial charge in [-0.1, -0.05) is 35.5 Å². The highest BCUT2D eigenvalue weighted by Crippen LogP contribution is 2.46. The number of allylic oxidation sites excluding steroid dienone is 1. The van der Waals surface area contributed by atoms with Crippen LogP contribution in [0.25, 0.3) is 27.0 Å². The predicted octanol–water partition coefficient (Wildman–Crippen LogP) is 5.82. The number of hydrogen-bond acceptors (Lipinski definition) is 5. The van der Waals surface area contributed by atoms with E-state index in [9.17, 15) is 4.79 Å². The van der Waals surface area contributed by atoms with E-state index in [0.29, 0.717) is 22.1 Å². The molecule has 2 aromatic carbocycles. The van der Waals surface area contributed by atoms with Gasteiger partial charge < -0.3 is 4.42 Å². The van der Waals surface area contributed by atoms with Gasteiger partial charge in [-0.15, -0.1) is 0 Å². The Balaban J connectivity index is 1.61. The van der Waals surface area contributed by atoms with Crippen LogP contribution in [0, 0.1) is 6.92 Å². The van der Waals surface area contributed by atoms with Crippen molar-refractivity contribution in [1.82, 2.24) is 4.98 Å². The first-order chi connectivity index (χ1) is 14.2. The summed E-state index contributed by atoms with van der Waals surface area (Å²) in [5.74, 6) is 0. The van der Waals surface area contributed by atoms with Crippen molar-refractivity contribution in [3.63, 3.8) is 0 Å². The second-order valence-electron chi connectivity index (χ2n) is 7.45. The Bertz CT molecular complexity index is 1460. The monoisotopic (exact) mass is 396 g/mol. The molecule has 0 saturated carbocycles. The Kier molecular flexibility index (Phi) is 3.56. The summed E-state index contributed by atoms with van der Waals surface area (Å²) in [6.45, 7) is 1.98. The van der Waals surface area contributed by atoms with E-state index >= 15 is 0 Å². The predicted molar refractivity (Wildman–Crippen MR) is 118 cm³/mol. The number of benzene rings is 2. The average molecular weight is 396 g/mol. The van der Waals surface area contributed by atoms with Gasteiger partial charge >= 0.3 is 0 Å². The molecule has 0 bridgehead atoms. The first kappa shape index (κ1) is 16.7. The highest BCUT2D eigenvalue weighted by molar-refractivity contribution is 8.08.